The number of hydrogen-bond acceptors (Lipinski definition) is 3. The summed E-state index contributed by atoms with van der Waals surface area (Å²) in [5.41, 5.74) is 6.39. The van der Waals surface area contributed by atoms with E-state index < -0.39 is 6.04 Å². The van der Waals surface area contributed by atoms with Crippen molar-refractivity contribution in [3.05, 3.63) is 18.0 Å². The van der Waals surface area contributed by atoms with Crippen LogP contribution < -0.4 is 5.73 Å². The van der Waals surface area contributed by atoms with Crippen molar-refractivity contribution in [1.82, 2.24) is 9.78 Å². The molecule has 17 heavy (non-hydrogen) atoms. The van der Waals surface area contributed by atoms with Gasteiger partial charge in [0.1, 0.15) is 0 Å². The van der Waals surface area contributed by atoms with E-state index in [1.807, 2.05) is 16.9 Å². The number of carbonyl (C=O) groups excluding carboxylic acids is 1. The number of nitrogens with two attached hydrogens (primary N) is 1. The van der Waals surface area contributed by atoms with Crippen LogP contribution in [0.3, 0.4) is 0 Å². The lowest BCUT2D eigenvalue weighted by atomic mass is 10.1. The van der Waals surface area contributed by atoms with Crippen molar-refractivity contribution < 1.29 is 4.79 Å². The van der Waals surface area contributed by atoms with Gasteiger partial charge in [-0.2, -0.15) is 5.10 Å². The van der Waals surface area contributed by atoms with Gasteiger partial charge in [0.2, 0.25) is 0 Å². The summed E-state index contributed by atoms with van der Waals surface area (Å²) in [7, 11) is 0. The molecule has 1 aromatic rings. The fourth-order valence-corrected chi connectivity index (χ4v) is 1.45. The number of rotatable bonds is 6. The van der Waals surface area contributed by atoms with Crippen LogP contribution in [0.1, 0.15) is 38.4 Å². The molecule has 0 spiro atoms. The number of hydrogen-bond donors (Lipinski definition) is 1. The molecule has 0 aliphatic heterocycles. The molecule has 1 rings (SSSR count). The molecule has 2 atom stereocenters. The number of Topliss-reactive ketones (excluding diaryl/α,β-unsaturated/α-hetero) is 1. The Labute approximate surface area is 102 Å². The normalized spacial score (nSPS) is 14.0. The molecule has 0 aliphatic carbocycles. The van der Waals surface area contributed by atoms with Crippen LogP contribution in [-0.4, -0.2) is 21.6 Å². The Hall–Kier alpha value is -1.60. The molecule has 2 unspecified atom stereocenters. The topological polar surface area (TPSA) is 60.9 Å². The van der Waals surface area contributed by atoms with Crippen molar-refractivity contribution in [2.24, 2.45) is 5.73 Å². The van der Waals surface area contributed by atoms with E-state index in [4.69, 9.17) is 12.2 Å². The van der Waals surface area contributed by atoms with Gasteiger partial charge in [-0.3, -0.25) is 9.48 Å². The molecule has 0 aromatic carbocycles. The van der Waals surface area contributed by atoms with Crippen molar-refractivity contribution >= 4 is 5.78 Å². The molecule has 0 saturated carbocycles. The first-order chi connectivity index (χ1) is 8.08. The molecule has 1 heterocycles. The van der Waals surface area contributed by atoms with Gasteiger partial charge in [0.05, 0.1) is 18.2 Å². The highest BCUT2D eigenvalue weighted by atomic mass is 16.1. The summed E-state index contributed by atoms with van der Waals surface area (Å²) in [4.78, 5) is 11.7. The monoisotopic (exact) mass is 233 g/mol. The summed E-state index contributed by atoms with van der Waals surface area (Å²) < 4.78 is 1.87. The van der Waals surface area contributed by atoms with E-state index in [9.17, 15) is 4.79 Å². The van der Waals surface area contributed by atoms with Crippen LogP contribution in [0.5, 0.6) is 0 Å². The second-order valence-corrected chi connectivity index (χ2v) is 4.20. The SMILES string of the molecule is C#CCC(N)C(=O)Cc1ccn(C(C)CC)n1. The summed E-state index contributed by atoms with van der Waals surface area (Å²) in [6.07, 6.45) is 8.56. The molecule has 0 saturated heterocycles. The molecule has 0 bridgehead atoms. The van der Waals surface area contributed by atoms with Crippen molar-refractivity contribution in [3.63, 3.8) is 0 Å². The Balaban J connectivity index is 2.61. The summed E-state index contributed by atoms with van der Waals surface area (Å²) in [6.45, 7) is 4.18. The second-order valence-electron chi connectivity index (χ2n) is 4.20. The lowest BCUT2D eigenvalue weighted by Gasteiger charge is -2.08. The number of carbonyl (C=O) groups is 1. The third-order valence-electron chi connectivity index (χ3n) is 2.81. The number of ketones is 1. The van der Waals surface area contributed by atoms with Crippen molar-refractivity contribution in [2.75, 3.05) is 0 Å². The molecule has 92 valence electrons. The van der Waals surface area contributed by atoms with E-state index in [0.717, 1.165) is 12.1 Å². The fraction of sp³-hybridized carbons (Fsp3) is 0.538. The Bertz CT molecular complexity index is 417. The number of nitrogens with zero attached hydrogens (tertiary/aromatic N) is 2. The zero-order valence-electron chi connectivity index (χ0n) is 10.4. The third-order valence-corrected chi connectivity index (χ3v) is 2.81. The van der Waals surface area contributed by atoms with Gasteiger partial charge < -0.3 is 5.73 Å². The molecule has 0 amide bonds. The molecule has 1 aromatic heterocycles. The van der Waals surface area contributed by atoms with E-state index in [1.54, 1.807) is 0 Å². The largest absolute Gasteiger partial charge is 0.321 e. The van der Waals surface area contributed by atoms with Crippen LogP contribution in [-0.2, 0) is 11.2 Å². The zero-order chi connectivity index (χ0) is 12.8. The average Bonchev–Trinajstić information content (AvgIpc) is 2.76. The lowest BCUT2D eigenvalue weighted by molar-refractivity contribution is -0.119. The predicted octanol–water partition coefficient (Wildman–Crippen LogP) is 1.32. The number of terminal acetylenes is 1. The van der Waals surface area contributed by atoms with Gasteiger partial charge in [0, 0.05) is 18.7 Å². The Morgan fingerprint density at radius 3 is 3.00 bits per heavy atom. The van der Waals surface area contributed by atoms with Crippen molar-refractivity contribution in [2.45, 2.75) is 45.2 Å². The van der Waals surface area contributed by atoms with Crippen LogP contribution >= 0.6 is 0 Å². The minimum Gasteiger partial charge on any atom is -0.321 e. The van der Waals surface area contributed by atoms with Gasteiger partial charge in [-0.1, -0.05) is 6.92 Å². The molecule has 4 nitrogen and oxygen atoms in total. The van der Waals surface area contributed by atoms with E-state index in [0.29, 0.717) is 6.04 Å². The van der Waals surface area contributed by atoms with Crippen molar-refractivity contribution in [1.29, 1.82) is 0 Å². The second kappa shape index (κ2) is 6.21. The maximum Gasteiger partial charge on any atom is 0.156 e. The summed E-state index contributed by atoms with van der Waals surface area (Å²) in [5.74, 6) is 2.34. The van der Waals surface area contributed by atoms with Gasteiger partial charge in [-0.05, 0) is 19.4 Å². The Kier molecular flexibility index (Phi) is 4.92. The third kappa shape index (κ3) is 3.72. The van der Waals surface area contributed by atoms with E-state index in [1.165, 1.54) is 0 Å². The molecular weight excluding hydrogens is 214 g/mol. The molecule has 4 heteroatoms. The summed E-state index contributed by atoms with van der Waals surface area (Å²) >= 11 is 0. The van der Waals surface area contributed by atoms with Crippen LogP contribution in [0.4, 0.5) is 0 Å². The maximum absolute atomic E-state index is 11.7. The van der Waals surface area contributed by atoms with Crippen LogP contribution in [0, 0.1) is 12.3 Å². The molecule has 0 fully saturated rings. The zero-order valence-corrected chi connectivity index (χ0v) is 10.4. The lowest BCUT2D eigenvalue weighted by Crippen LogP contribution is -2.31. The average molecular weight is 233 g/mol. The highest BCUT2D eigenvalue weighted by Crippen LogP contribution is 2.10. The summed E-state index contributed by atoms with van der Waals surface area (Å²) in [6, 6.07) is 1.62. The van der Waals surface area contributed by atoms with E-state index in [-0.39, 0.29) is 18.6 Å². The first-order valence-electron chi connectivity index (χ1n) is 5.84. The molecular formula is C13H19N3O. The van der Waals surface area contributed by atoms with E-state index >= 15 is 0 Å². The fourth-order valence-electron chi connectivity index (χ4n) is 1.45. The Morgan fingerprint density at radius 2 is 2.41 bits per heavy atom. The van der Waals surface area contributed by atoms with Crippen molar-refractivity contribution in [3.8, 4) is 12.3 Å². The first-order valence-corrected chi connectivity index (χ1v) is 5.84. The van der Waals surface area contributed by atoms with Gasteiger partial charge in [0.15, 0.2) is 5.78 Å². The van der Waals surface area contributed by atoms with E-state index in [2.05, 4.69) is 24.9 Å². The number of aromatic nitrogens is 2. The quantitative estimate of drug-likeness (QED) is 0.754. The molecule has 0 radical (unpaired) electrons. The van der Waals surface area contributed by atoms with Gasteiger partial charge >= 0.3 is 0 Å². The predicted molar refractivity (Wildman–Crippen MR) is 67.4 cm³/mol. The van der Waals surface area contributed by atoms with Crippen LogP contribution in [0.25, 0.3) is 0 Å². The molecule has 2 N–H and O–H groups in total. The van der Waals surface area contributed by atoms with Gasteiger partial charge in [-0.25, -0.2) is 0 Å². The van der Waals surface area contributed by atoms with Crippen LogP contribution in [0.2, 0.25) is 0 Å². The highest BCUT2D eigenvalue weighted by Gasteiger charge is 2.14. The first kappa shape index (κ1) is 13.5. The standard InChI is InChI=1S/C13H19N3O/c1-4-6-12(14)13(17)9-11-7-8-16(15-11)10(3)5-2/h1,7-8,10,12H,5-6,9,14H2,2-3H3. The smallest absolute Gasteiger partial charge is 0.156 e. The minimum absolute atomic E-state index is 0.0580. The van der Waals surface area contributed by atoms with Crippen LogP contribution in [0.15, 0.2) is 12.3 Å². The summed E-state index contributed by atoms with van der Waals surface area (Å²) in [5, 5.41) is 4.35. The highest BCUT2D eigenvalue weighted by molar-refractivity contribution is 5.85. The van der Waals surface area contributed by atoms with Gasteiger partial charge in [-0.15, -0.1) is 12.3 Å². The minimum atomic E-state index is -0.575. The molecule has 0 aliphatic rings. The van der Waals surface area contributed by atoms with Gasteiger partial charge in [0.25, 0.3) is 0 Å². The maximum atomic E-state index is 11.7. The Morgan fingerprint density at radius 1 is 1.71 bits per heavy atom.